The molecule has 0 aliphatic carbocycles. The monoisotopic (exact) mass is 1150 g/mol. The molecule has 18 nitrogen and oxygen atoms in total. The van der Waals surface area contributed by atoms with Crippen LogP contribution in [0.2, 0.25) is 0 Å². The number of phosphoric ester groups is 2. The van der Waals surface area contributed by atoms with Crippen LogP contribution >= 0.6 is 15.6 Å². The van der Waals surface area contributed by atoms with Gasteiger partial charge in [0.25, 0.3) is 0 Å². The first-order valence-corrected chi connectivity index (χ1v) is 33.8. The van der Waals surface area contributed by atoms with Gasteiger partial charge in [-0.3, -0.25) is 23.2 Å². The number of aliphatic hydroxyl groups is 2. The molecular weight excluding hydrogens is 1040 g/mol. The molecule has 0 amide bonds. The fourth-order valence-corrected chi connectivity index (χ4v) is 11.9. The van der Waals surface area contributed by atoms with Crippen molar-refractivity contribution in [2.45, 2.75) is 302 Å². The van der Waals surface area contributed by atoms with Gasteiger partial charge in [0, 0.05) is 19.0 Å². The number of anilines is 1. The molecular formula is C58H109N3O15P2. The third-order valence-corrected chi connectivity index (χ3v) is 17.9. The number of carbonyl (C=O) groups excluding carboxylic acids is 2. The summed E-state index contributed by atoms with van der Waals surface area (Å²) in [6, 6.07) is 1.25. The Hall–Kier alpha value is -2.24. The van der Waals surface area contributed by atoms with E-state index in [1.165, 1.54) is 186 Å². The number of carbonyl (C=O) groups is 2. The predicted octanol–water partition coefficient (Wildman–Crippen LogP) is 14.3. The van der Waals surface area contributed by atoms with Crippen molar-refractivity contribution in [3.63, 3.8) is 0 Å². The zero-order valence-corrected chi connectivity index (χ0v) is 50.6. The fourth-order valence-electron chi connectivity index (χ4n) is 9.74. The summed E-state index contributed by atoms with van der Waals surface area (Å²) in [6.07, 6.45) is 37.3. The Morgan fingerprint density at radius 2 is 0.987 bits per heavy atom. The molecule has 2 heterocycles. The van der Waals surface area contributed by atoms with Gasteiger partial charge < -0.3 is 39.9 Å². The SMILES string of the molecule is CCC(C)CCCCCCCCCCCCCCCCCCCCC(=O)OC[C@H](COP(=O)(O)OP(=O)(O)OC[C@H]1O[C@@H](n2ccc(N)nc2=O)C(O)[C@H]1O)OC(=O)CCCCCCCCCCCCCCCCC(C)CC. The number of hydrogen-bond acceptors (Lipinski definition) is 15. The van der Waals surface area contributed by atoms with Crippen molar-refractivity contribution in [2.75, 3.05) is 25.6 Å². The van der Waals surface area contributed by atoms with Crippen molar-refractivity contribution < 1.29 is 66.3 Å². The van der Waals surface area contributed by atoms with Crippen LogP contribution in [-0.4, -0.2) is 85.7 Å². The lowest BCUT2D eigenvalue weighted by atomic mass is 9.99. The van der Waals surface area contributed by atoms with E-state index >= 15 is 0 Å². The number of ether oxygens (including phenoxy) is 3. The lowest BCUT2D eigenvalue weighted by Gasteiger charge is -2.21. The molecule has 9 atom stereocenters. The summed E-state index contributed by atoms with van der Waals surface area (Å²) in [4.78, 5) is 62.3. The zero-order valence-electron chi connectivity index (χ0n) is 48.8. The highest BCUT2D eigenvalue weighted by atomic mass is 31.3. The molecule has 0 aromatic carbocycles. The minimum absolute atomic E-state index is 0.0578. The van der Waals surface area contributed by atoms with Gasteiger partial charge in [0.15, 0.2) is 12.3 Å². The first kappa shape index (κ1) is 71.9. The zero-order chi connectivity index (χ0) is 57.3. The molecule has 1 aliphatic heterocycles. The fraction of sp³-hybridized carbons (Fsp3) is 0.897. The summed E-state index contributed by atoms with van der Waals surface area (Å²) in [5.74, 6) is 0.450. The maximum absolute atomic E-state index is 12.9. The van der Waals surface area contributed by atoms with E-state index in [-0.39, 0.29) is 18.7 Å². The third kappa shape index (κ3) is 36.3. The molecule has 1 aromatic rings. The number of nitrogens with two attached hydrogens (primary N) is 1. The number of aliphatic hydroxyl groups excluding tert-OH is 2. The van der Waals surface area contributed by atoms with Crippen molar-refractivity contribution in [1.29, 1.82) is 0 Å². The minimum atomic E-state index is -5.43. The van der Waals surface area contributed by atoms with Crippen LogP contribution < -0.4 is 11.4 Å². The highest BCUT2D eigenvalue weighted by Gasteiger charge is 2.46. The number of esters is 2. The number of nitrogens with zero attached hydrogens (tertiary/aromatic N) is 2. The lowest BCUT2D eigenvalue weighted by Crippen LogP contribution is -2.36. The van der Waals surface area contributed by atoms with Crippen LogP contribution in [0.1, 0.15) is 278 Å². The molecule has 0 saturated carbocycles. The second kappa shape index (κ2) is 44.4. The molecule has 456 valence electrons. The average molecular weight is 1150 g/mol. The van der Waals surface area contributed by atoms with E-state index in [9.17, 15) is 43.5 Å². The van der Waals surface area contributed by atoms with Gasteiger partial charge in [-0.05, 0) is 30.7 Å². The number of nitrogen functional groups attached to an aromatic ring is 1. The molecule has 2 rings (SSSR count). The maximum atomic E-state index is 12.9. The van der Waals surface area contributed by atoms with E-state index in [1.54, 1.807) is 0 Å². The Morgan fingerprint density at radius 3 is 1.40 bits per heavy atom. The topological polar surface area (TPSA) is 265 Å². The van der Waals surface area contributed by atoms with Crippen molar-refractivity contribution in [2.24, 2.45) is 11.8 Å². The standard InChI is InChI=1S/C58H109N3O15P2/c1-5-48(3)39-35-31-27-23-19-15-11-9-7-8-10-12-17-21-25-29-33-37-41-53(62)71-45-50(74-54(63)42-38-34-30-26-22-18-14-13-16-20-24-28-32-36-40-49(4)6-2)46-72-77(67,68)76-78(69,70)73-47-51-55(64)56(65)57(75-51)61-44-43-52(59)60-58(61)66/h43-44,48-51,55-57,64-65H,5-42,45-47H2,1-4H3,(H,67,68)(H,69,70)(H2,59,60,66)/t48?,49?,50-,51-,55+,56?,57-/m1/s1. The first-order chi connectivity index (χ1) is 37.5. The van der Waals surface area contributed by atoms with Crippen molar-refractivity contribution in [3.8, 4) is 0 Å². The molecule has 0 spiro atoms. The Bertz CT molecular complexity index is 1840. The van der Waals surface area contributed by atoms with Gasteiger partial charge >= 0.3 is 33.3 Å². The molecule has 1 saturated heterocycles. The molecule has 1 fully saturated rings. The molecule has 0 radical (unpaired) electrons. The maximum Gasteiger partial charge on any atom is 0.481 e. The summed E-state index contributed by atoms with van der Waals surface area (Å²) < 4.78 is 57.1. The summed E-state index contributed by atoms with van der Waals surface area (Å²) in [5, 5.41) is 21.0. The van der Waals surface area contributed by atoms with E-state index in [0.717, 1.165) is 61.3 Å². The normalized spacial score (nSPS) is 19.3. The molecule has 1 aliphatic rings. The Labute approximate surface area is 470 Å². The number of aromatic nitrogens is 2. The van der Waals surface area contributed by atoms with E-state index in [2.05, 4.69) is 37.0 Å². The number of rotatable bonds is 52. The van der Waals surface area contributed by atoms with Crippen LogP contribution in [0.4, 0.5) is 5.82 Å². The molecule has 5 unspecified atom stereocenters. The van der Waals surface area contributed by atoms with Crippen LogP contribution in [0.5, 0.6) is 0 Å². The minimum Gasteiger partial charge on any atom is -0.462 e. The van der Waals surface area contributed by atoms with Crippen molar-refractivity contribution >= 4 is 33.4 Å². The summed E-state index contributed by atoms with van der Waals surface area (Å²) in [6.45, 7) is 6.97. The van der Waals surface area contributed by atoms with Crippen LogP contribution in [0, 0.1) is 11.8 Å². The highest BCUT2D eigenvalue weighted by molar-refractivity contribution is 7.61. The van der Waals surface area contributed by atoms with Crippen molar-refractivity contribution in [1.82, 2.24) is 9.55 Å². The molecule has 0 bridgehead atoms. The second-order valence-electron chi connectivity index (χ2n) is 22.4. The van der Waals surface area contributed by atoms with Gasteiger partial charge in [-0.2, -0.15) is 9.29 Å². The van der Waals surface area contributed by atoms with Crippen LogP contribution in [0.3, 0.4) is 0 Å². The van der Waals surface area contributed by atoms with Crippen LogP contribution in [0.15, 0.2) is 17.1 Å². The van der Waals surface area contributed by atoms with E-state index in [4.69, 9.17) is 29.0 Å². The summed E-state index contributed by atoms with van der Waals surface area (Å²) >= 11 is 0. The van der Waals surface area contributed by atoms with Gasteiger partial charge in [0.2, 0.25) is 0 Å². The van der Waals surface area contributed by atoms with Gasteiger partial charge in [0.05, 0.1) is 13.2 Å². The van der Waals surface area contributed by atoms with Crippen molar-refractivity contribution in [3.05, 3.63) is 22.7 Å². The number of phosphoric acid groups is 2. The molecule has 78 heavy (non-hydrogen) atoms. The Morgan fingerprint density at radius 1 is 0.603 bits per heavy atom. The number of hydrogen-bond donors (Lipinski definition) is 5. The van der Waals surface area contributed by atoms with E-state index < -0.39 is 83.7 Å². The van der Waals surface area contributed by atoms with Gasteiger partial charge in [-0.25, -0.2) is 13.9 Å². The molecule has 20 heteroatoms. The Kier molecular flexibility index (Phi) is 40.9. The van der Waals surface area contributed by atoms with Gasteiger partial charge in [-0.15, -0.1) is 0 Å². The van der Waals surface area contributed by atoms with Crippen LogP contribution in [0.25, 0.3) is 0 Å². The second-order valence-corrected chi connectivity index (χ2v) is 25.5. The van der Waals surface area contributed by atoms with E-state index in [0.29, 0.717) is 12.8 Å². The summed E-state index contributed by atoms with van der Waals surface area (Å²) in [5.41, 5.74) is 4.61. The number of unbranched alkanes of at least 4 members (excludes halogenated alkanes) is 30. The molecule has 6 N–H and O–H groups in total. The van der Waals surface area contributed by atoms with Gasteiger partial charge in [-0.1, -0.05) is 246 Å². The Balaban J connectivity index is 1.71. The first-order valence-electron chi connectivity index (χ1n) is 30.8. The summed E-state index contributed by atoms with van der Waals surface area (Å²) in [7, 11) is -10.8. The average Bonchev–Trinajstić information content (AvgIpc) is 3.73. The smallest absolute Gasteiger partial charge is 0.462 e. The lowest BCUT2D eigenvalue weighted by molar-refractivity contribution is -0.161. The van der Waals surface area contributed by atoms with Crippen LogP contribution in [-0.2, 0) is 46.3 Å². The third-order valence-electron chi connectivity index (χ3n) is 15.3. The van der Waals surface area contributed by atoms with Gasteiger partial charge in [0.1, 0.15) is 30.7 Å². The largest absolute Gasteiger partial charge is 0.481 e. The van der Waals surface area contributed by atoms with E-state index in [1.807, 2.05) is 0 Å². The predicted molar refractivity (Wildman–Crippen MR) is 307 cm³/mol. The molecule has 1 aromatic heterocycles. The highest BCUT2D eigenvalue weighted by Crippen LogP contribution is 2.60. The quantitative estimate of drug-likeness (QED) is 0.0230.